The molecule has 2 aromatic rings. The van der Waals surface area contributed by atoms with Crippen LogP contribution >= 0.6 is 0 Å². The molecule has 0 atom stereocenters. The number of carboxylic acid groups (broad SMARTS) is 1. The lowest BCUT2D eigenvalue weighted by Gasteiger charge is -2.10. The maximum Gasteiger partial charge on any atom is 0.335 e. The van der Waals surface area contributed by atoms with Crippen LogP contribution in [-0.2, 0) is 6.54 Å². The molecule has 18 heavy (non-hydrogen) atoms. The molecule has 92 valence electrons. The van der Waals surface area contributed by atoms with Crippen molar-refractivity contribution in [2.75, 3.05) is 5.32 Å². The number of rotatable bonds is 4. The number of anilines is 1. The summed E-state index contributed by atoms with van der Waals surface area (Å²) in [5.41, 5.74) is 3.03. The Balaban J connectivity index is 2.14. The van der Waals surface area contributed by atoms with Gasteiger partial charge in [-0.15, -0.1) is 0 Å². The van der Waals surface area contributed by atoms with Gasteiger partial charge in [0.05, 0.1) is 17.8 Å². The van der Waals surface area contributed by atoms with Crippen LogP contribution in [0.3, 0.4) is 0 Å². The number of nitrogens with one attached hydrogen (secondary N) is 1. The van der Waals surface area contributed by atoms with E-state index >= 15 is 0 Å². The lowest BCUT2D eigenvalue weighted by Crippen LogP contribution is -2.04. The van der Waals surface area contributed by atoms with Crippen molar-refractivity contribution in [3.05, 3.63) is 59.4 Å². The van der Waals surface area contributed by atoms with Gasteiger partial charge in [0.1, 0.15) is 0 Å². The summed E-state index contributed by atoms with van der Waals surface area (Å²) >= 11 is 0. The Morgan fingerprint density at radius 2 is 2.17 bits per heavy atom. The summed E-state index contributed by atoms with van der Waals surface area (Å²) in [6, 6.07) is 10.7. The standard InChI is InChI=1S/C14H14N2O2/c1-10-5-6-11(14(17)18)8-13(10)16-9-12-4-2-3-7-15-12/h2-8,16H,9H2,1H3,(H,17,18). The largest absolute Gasteiger partial charge is 0.478 e. The third-order valence-corrected chi connectivity index (χ3v) is 2.67. The molecular formula is C14H14N2O2. The molecule has 0 unspecified atom stereocenters. The summed E-state index contributed by atoms with van der Waals surface area (Å²) in [7, 11) is 0. The number of hydrogen-bond donors (Lipinski definition) is 2. The monoisotopic (exact) mass is 242 g/mol. The van der Waals surface area contributed by atoms with E-state index in [1.807, 2.05) is 25.1 Å². The first-order valence-corrected chi connectivity index (χ1v) is 5.64. The zero-order chi connectivity index (χ0) is 13.0. The second kappa shape index (κ2) is 5.31. The minimum atomic E-state index is -0.920. The number of pyridine rings is 1. The van der Waals surface area contributed by atoms with Gasteiger partial charge in [-0.3, -0.25) is 4.98 Å². The molecule has 0 fully saturated rings. The quantitative estimate of drug-likeness (QED) is 0.865. The van der Waals surface area contributed by atoms with Crippen molar-refractivity contribution in [3.63, 3.8) is 0 Å². The summed E-state index contributed by atoms with van der Waals surface area (Å²) in [6.45, 7) is 2.51. The van der Waals surface area contributed by atoms with E-state index in [4.69, 9.17) is 5.11 Å². The van der Waals surface area contributed by atoms with Gasteiger partial charge >= 0.3 is 5.97 Å². The van der Waals surface area contributed by atoms with Crippen molar-refractivity contribution < 1.29 is 9.90 Å². The van der Waals surface area contributed by atoms with E-state index in [1.54, 1.807) is 24.4 Å². The van der Waals surface area contributed by atoms with E-state index in [0.717, 1.165) is 16.9 Å². The van der Waals surface area contributed by atoms with Crippen molar-refractivity contribution in [3.8, 4) is 0 Å². The maximum absolute atomic E-state index is 10.9. The van der Waals surface area contributed by atoms with Crippen molar-refractivity contribution in [2.24, 2.45) is 0 Å². The Labute approximate surface area is 105 Å². The van der Waals surface area contributed by atoms with Crippen LogP contribution in [0.1, 0.15) is 21.6 Å². The van der Waals surface area contributed by atoms with E-state index in [0.29, 0.717) is 6.54 Å². The molecule has 0 bridgehead atoms. The third kappa shape index (κ3) is 2.85. The smallest absolute Gasteiger partial charge is 0.335 e. The highest BCUT2D eigenvalue weighted by Crippen LogP contribution is 2.17. The predicted molar refractivity (Wildman–Crippen MR) is 69.7 cm³/mol. The first-order chi connectivity index (χ1) is 8.66. The van der Waals surface area contributed by atoms with Gasteiger partial charge in [-0.05, 0) is 36.8 Å². The molecule has 1 heterocycles. The highest BCUT2D eigenvalue weighted by molar-refractivity contribution is 5.89. The molecule has 0 saturated carbocycles. The second-order valence-electron chi connectivity index (χ2n) is 4.01. The molecular weight excluding hydrogens is 228 g/mol. The van der Waals surface area contributed by atoms with Crippen molar-refractivity contribution in [1.82, 2.24) is 4.98 Å². The van der Waals surface area contributed by atoms with Crippen molar-refractivity contribution in [1.29, 1.82) is 0 Å². The molecule has 0 aliphatic carbocycles. The molecule has 4 nitrogen and oxygen atoms in total. The van der Waals surface area contributed by atoms with Crippen LogP contribution < -0.4 is 5.32 Å². The van der Waals surface area contributed by atoms with Gasteiger partial charge in [-0.25, -0.2) is 4.79 Å². The number of benzene rings is 1. The van der Waals surface area contributed by atoms with Gasteiger partial charge < -0.3 is 10.4 Å². The first-order valence-electron chi connectivity index (χ1n) is 5.64. The number of aromatic carboxylic acids is 1. The van der Waals surface area contributed by atoms with Crippen molar-refractivity contribution >= 4 is 11.7 Å². The zero-order valence-electron chi connectivity index (χ0n) is 10.1. The number of aryl methyl sites for hydroxylation is 1. The Hall–Kier alpha value is -2.36. The van der Waals surface area contributed by atoms with Crippen LogP contribution in [-0.4, -0.2) is 16.1 Å². The molecule has 1 aromatic heterocycles. The topological polar surface area (TPSA) is 62.2 Å². The van der Waals surface area contributed by atoms with E-state index in [1.165, 1.54) is 0 Å². The van der Waals surface area contributed by atoms with Gasteiger partial charge in [0.2, 0.25) is 0 Å². The fourth-order valence-electron chi connectivity index (χ4n) is 1.63. The molecule has 2 rings (SSSR count). The SMILES string of the molecule is Cc1ccc(C(=O)O)cc1NCc1ccccn1. The number of nitrogens with zero attached hydrogens (tertiary/aromatic N) is 1. The minimum absolute atomic E-state index is 0.282. The first kappa shape index (κ1) is 12.1. The molecule has 4 heteroatoms. The molecule has 1 aromatic carbocycles. The zero-order valence-corrected chi connectivity index (χ0v) is 10.1. The minimum Gasteiger partial charge on any atom is -0.478 e. The lowest BCUT2D eigenvalue weighted by atomic mass is 10.1. The van der Waals surface area contributed by atoms with E-state index in [2.05, 4.69) is 10.3 Å². The number of carboxylic acids is 1. The van der Waals surface area contributed by atoms with Crippen LogP contribution in [0.25, 0.3) is 0 Å². The number of hydrogen-bond acceptors (Lipinski definition) is 3. The second-order valence-corrected chi connectivity index (χ2v) is 4.01. The normalized spacial score (nSPS) is 10.1. The van der Waals surface area contributed by atoms with Crippen LogP contribution in [0.4, 0.5) is 5.69 Å². The average molecular weight is 242 g/mol. The fraction of sp³-hybridized carbons (Fsp3) is 0.143. The highest BCUT2D eigenvalue weighted by Gasteiger charge is 2.05. The molecule has 0 amide bonds. The van der Waals surface area contributed by atoms with Gasteiger partial charge in [-0.1, -0.05) is 12.1 Å². The Morgan fingerprint density at radius 3 is 2.83 bits per heavy atom. The Bertz CT molecular complexity index is 553. The number of carbonyl (C=O) groups is 1. The van der Waals surface area contributed by atoms with Crippen LogP contribution in [0.15, 0.2) is 42.6 Å². The average Bonchev–Trinajstić information content (AvgIpc) is 2.38. The van der Waals surface area contributed by atoms with E-state index in [9.17, 15) is 4.79 Å². The summed E-state index contributed by atoms with van der Waals surface area (Å²) < 4.78 is 0. The van der Waals surface area contributed by atoms with E-state index < -0.39 is 5.97 Å². The Kier molecular flexibility index (Phi) is 3.57. The van der Waals surface area contributed by atoms with Crippen LogP contribution in [0.2, 0.25) is 0 Å². The van der Waals surface area contributed by atoms with Crippen LogP contribution in [0.5, 0.6) is 0 Å². The molecule has 2 N–H and O–H groups in total. The lowest BCUT2D eigenvalue weighted by molar-refractivity contribution is 0.0697. The van der Waals surface area contributed by atoms with Gasteiger partial charge in [0, 0.05) is 11.9 Å². The molecule has 0 aliphatic heterocycles. The molecule has 0 aliphatic rings. The van der Waals surface area contributed by atoms with Crippen LogP contribution in [0, 0.1) is 6.92 Å². The summed E-state index contributed by atoms with van der Waals surface area (Å²) in [5, 5.41) is 12.1. The molecule has 0 radical (unpaired) electrons. The van der Waals surface area contributed by atoms with E-state index in [-0.39, 0.29) is 5.56 Å². The predicted octanol–water partition coefficient (Wildman–Crippen LogP) is 2.70. The summed E-state index contributed by atoms with van der Waals surface area (Å²) in [5.74, 6) is -0.920. The highest BCUT2D eigenvalue weighted by atomic mass is 16.4. The number of aromatic nitrogens is 1. The maximum atomic E-state index is 10.9. The van der Waals surface area contributed by atoms with Gasteiger partial charge in [0.15, 0.2) is 0 Å². The third-order valence-electron chi connectivity index (χ3n) is 2.67. The molecule has 0 saturated heterocycles. The van der Waals surface area contributed by atoms with Crippen molar-refractivity contribution in [2.45, 2.75) is 13.5 Å². The fourth-order valence-corrected chi connectivity index (χ4v) is 1.63. The molecule has 0 spiro atoms. The van der Waals surface area contributed by atoms with Gasteiger partial charge in [0.25, 0.3) is 0 Å². The Morgan fingerprint density at radius 1 is 1.33 bits per heavy atom. The van der Waals surface area contributed by atoms with Gasteiger partial charge in [-0.2, -0.15) is 0 Å². The summed E-state index contributed by atoms with van der Waals surface area (Å²) in [4.78, 5) is 15.1. The summed E-state index contributed by atoms with van der Waals surface area (Å²) in [6.07, 6.45) is 1.73.